The Balaban J connectivity index is 1.55. The quantitative estimate of drug-likeness (QED) is 0.355. The van der Waals surface area contributed by atoms with Gasteiger partial charge < -0.3 is 29.6 Å². The van der Waals surface area contributed by atoms with Gasteiger partial charge in [0.2, 0.25) is 5.75 Å². The van der Waals surface area contributed by atoms with Crippen LogP contribution in [-0.2, 0) is 4.79 Å². The van der Waals surface area contributed by atoms with Crippen molar-refractivity contribution in [1.29, 1.82) is 5.26 Å². The molecule has 2 amide bonds. The van der Waals surface area contributed by atoms with E-state index in [9.17, 15) is 14.9 Å². The molecular formula is C24H28N6O6. The molecular weight excluding hydrogens is 468 g/mol. The fourth-order valence-electron chi connectivity index (χ4n) is 3.45. The topological polar surface area (TPSA) is 146 Å². The van der Waals surface area contributed by atoms with E-state index in [1.54, 1.807) is 54.7 Å². The molecule has 36 heavy (non-hydrogen) atoms. The van der Waals surface area contributed by atoms with Crippen molar-refractivity contribution < 1.29 is 28.5 Å². The van der Waals surface area contributed by atoms with Gasteiger partial charge in [-0.25, -0.2) is 0 Å². The Bertz CT molecular complexity index is 1160. The first kappa shape index (κ1) is 26.0. The number of hydrogen-bond acceptors (Lipinski definition) is 10. The standard InChI is InChI=1S/C24H28N6O6/c1-33-16-7-5-15(6-8-16)18(13-25)27-24(32)19-14-30(29-28-19)12-11-26-23(31)17-9-10-20(34-2)22(36-4)21(17)35-3/h5-10,14,18,28-29H,11-12H2,1-4H3,(H,26,31)(H,27,32). The number of hydrazine groups is 2. The van der Waals surface area contributed by atoms with Crippen molar-refractivity contribution in [2.75, 3.05) is 41.5 Å². The molecule has 190 valence electrons. The normalized spacial score (nSPS) is 13.0. The summed E-state index contributed by atoms with van der Waals surface area (Å²) < 4.78 is 21.0. The van der Waals surface area contributed by atoms with Crippen LogP contribution in [0.1, 0.15) is 22.0 Å². The predicted octanol–water partition coefficient (Wildman–Crippen LogP) is 0.998. The van der Waals surface area contributed by atoms with E-state index in [1.165, 1.54) is 21.3 Å². The summed E-state index contributed by atoms with van der Waals surface area (Å²) in [6, 6.07) is 11.3. The van der Waals surface area contributed by atoms with Crippen LogP contribution in [0.15, 0.2) is 48.3 Å². The number of rotatable bonds is 11. The molecule has 0 spiro atoms. The number of amides is 2. The summed E-state index contributed by atoms with van der Waals surface area (Å²) in [5.41, 5.74) is 6.71. The van der Waals surface area contributed by atoms with E-state index in [0.29, 0.717) is 34.9 Å². The van der Waals surface area contributed by atoms with Crippen LogP contribution in [0.3, 0.4) is 0 Å². The van der Waals surface area contributed by atoms with Crippen LogP contribution in [0.5, 0.6) is 23.0 Å². The molecule has 0 radical (unpaired) electrons. The summed E-state index contributed by atoms with van der Waals surface area (Å²) in [6.45, 7) is 0.592. The van der Waals surface area contributed by atoms with Crippen LogP contribution in [0, 0.1) is 11.3 Å². The Labute approximate surface area is 208 Å². The van der Waals surface area contributed by atoms with Gasteiger partial charge in [-0.3, -0.25) is 20.0 Å². The van der Waals surface area contributed by atoms with Gasteiger partial charge in [0, 0.05) is 12.7 Å². The zero-order chi connectivity index (χ0) is 26.1. The average molecular weight is 497 g/mol. The van der Waals surface area contributed by atoms with Crippen LogP contribution in [0.4, 0.5) is 0 Å². The number of methoxy groups -OCH3 is 4. The van der Waals surface area contributed by atoms with Crippen molar-refractivity contribution in [3.63, 3.8) is 0 Å². The molecule has 1 aliphatic rings. The van der Waals surface area contributed by atoms with E-state index in [0.717, 1.165) is 0 Å². The maximum absolute atomic E-state index is 12.7. The van der Waals surface area contributed by atoms with Gasteiger partial charge in [0.05, 0.1) is 46.6 Å². The molecule has 0 fully saturated rings. The summed E-state index contributed by atoms with van der Waals surface area (Å²) in [4.78, 5) is 25.3. The van der Waals surface area contributed by atoms with Crippen LogP contribution in [0.25, 0.3) is 0 Å². The molecule has 0 aliphatic carbocycles. The van der Waals surface area contributed by atoms with Gasteiger partial charge in [0.1, 0.15) is 17.5 Å². The Morgan fingerprint density at radius 2 is 1.69 bits per heavy atom. The zero-order valence-corrected chi connectivity index (χ0v) is 20.4. The summed E-state index contributed by atoms with van der Waals surface area (Å²) in [5, 5.41) is 16.5. The SMILES string of the molecule is COc1ccc(C(C#N)NC(=O)C2=CN(CCNC(=O)c3ccc(OC)c(OC)c3OC)NN2)cc1. The van der Waals surface area contributed by atoms with E-state index < -0.39 is 11.9 Å². The van der Waals surface area contributed by atoms with Crippen molar-refractivity contribution >= 4 is 11.8 Å². The maximum atomic E-state index is 12.7. The molecule has 0 bridgehead atoms. The minimum Gasteiger partial charge on any atom is -0.497 e. The Hall–Kier alpha value is -4.63. The molecule has 0 saturated carbocycles. The largest absolute Gasteiger partial charge is 0.497 e. The highest BCUT2D eigenvalue weighted by Crippen LogP contribution is 2.39. The number of nitrogens with one attached hydrogen (secondary N) is 4. The van der Waals surface area contributed by atoms with E-state index >= 15 is 0 Å². The number of hydrogen-bond donors (Lipinski definition) is 4. The van der Waals surface area contributed by atoms with Gasteiger partial charge in [0.25, 0.3) is 11.8 Å². The first-order chi connectivity index (χ1) is 17.4. The molecule has 1 atom stereocenters. The Morgan fingerprint density at radius 3 is 2.31 bits per heavy atom. The lowest BCUT2D eigenvalue weighted by molar-refractivity contribution is -0.118. The third kappa shape index (κ3) is 5.89. The van der Waals surface area contributed by atoms with Crippen molar-refractivity contribution in [2.24, 2.45) is 0 Å². The van der Waals surface area contributed by atoms with Gasteiger partial charge in [-0.05, 0) is 29.8 Å². The van der Waals surface area contributed by atoms with Crippen molar-refractivity contribution in [1.82, 2.24) is 26.6 Å². The van der Waals surface area contributed by atoms with E-state index in [2.05, 4.69) is 27.7 Å². The fourth-order valence-corrected chi connectivity index (χ4v) is 3.45. The van der Waals surface area contributed by atoms with Crippen molar-refractivity contribution in [3.05, 3.63) is 59.4 Å². The predicted molar refractivity (Wildman–Crippen MR) is 129 cm³/mol. The van der Waals surface area contributed by atoms with Gasteiger partial charge >= 0.3 is 0 Å². The molecule has 12 nitrogen and oxygen atoms in total. The van der Waals surface area contributed by atoms with E-state index in [-0.39, 0.29) is 23.9 Å². The summed E-state index contributed by atoms with van der Waals surface area (Å²) in [5.74, 6) is 0.850. The highest BCUT2D eigenvalue weighted by molar-refractivity contribution is 5.98. The monoisotopic (exact) mass is 496 g/mol. The molecule has 3 rings (SSSR count). The number of benzene rings is 2. The number of carbonyl (C=O) groups is 2. The molecule has 4 N–H and O–H groups in total. The smallest absolute Gasteiger partial charge is 0.271 e. The number of nitrogens with zero attached hydrogens (tertiary/aromatic N) is 2. The molecule has 1 heterocycles. The molecule has 2 aromatic rings. The Morgan fingerprint density at radius 1 is 0.972 bits per heavy atom. The van der Waals surface area contributed by atoms with Gasteiger partial charge in [-0.1, -0.05) is 12.1 Å². The summed E-state index contributed by atoms with van der Waals surface area (Å²) >= 11 is 0. The summed E-state index contributed by atoms with van der Waals surface area (Å²) in [6.07, 6.45) is 1.54. The first-order valence-electron chi connectivity index (χ1n) is 10.9. The van der Waals surface area contributed by atoms with Gasteiger partial charge in [-0.15, -0.1) is 5.53 Å². The second-order valence-corrected chi connectivity index (χ2v) is 7.42. The van der Waals surface area contributed by atoms with Gasteiger partial charge in [0.15, 0.2) is 11.5 Å². The second-order valence-electron chi connectivity index (χ2n) is 7.42. The first-order valence-corrected chi connectivity index (χ1v) is 10.9. The molecule has 1 aliphatic heterocycles. The van der Waals surface area contributed by atoms with Crippen molar-refractivity contribution in [2.45, 2.75) is 6.04 Å². The lowest BCUT2D eigenvalue weighted by Crippen LogP contribution is -2.42. The van der Waals surface area contributed by atoms with Crippen LogP contribution >= 0.6 is 0 Å². The maximum Gasteiger partial charge on any atom is 0.271 e. The lowest BCUT2D eigenvalue weighted by atomic mass is 10.1. The minimum absolute atomic E-state index is 0.219. The highest BCUT2D eigenvalue weighted by atomic mass is 16.5. The van der Waals surface area contributed by atoms with Gasteiger partial charge in [-0.2, -0.15) is 5.26 Å². The third-order valence-electron chi connectivity index (χ3n) is 5.30. The zero-order valence-electron chi connectivity index (χ0n) is 20.4. The molecule has 0 saturated heterocycles. The van der Waals surface area contributed by atoms with Crippen LogP contribution in [0.2, 0.25) is 0 Å². The molecule has 12 heteroatoms. The number of ether oxygens (including phenoxy) is 4. The Kier molecular flexibility index (Phi) is 8.79. The van der Waals surface area contributed by atoms with Crippen molar-refractivity contribution in [3.8, 4) is 29.1 Å². The van der Waals surface area contributed by atoms with E-state index in [1.807, 2.05) is 0 Å². The third-order valence-corrected chi connectivity index (χ3v) is 5.30. The number of nitriles is 1. The second kappa shape index (κ2) is 12.2. The summed E-state index contributed by atoms with van der Waals surface area (Å²) in [7, 11) is 5.95. The molecule has 0 aromatic heterocycles. The molecule has 1 unspecified atom stereocenters. The average Bonchev–Trinajstić information content (AvgIpc) is 3.39. The minimum atomic E-state index is -0.837. The van der Waals surface area contributed by atoms with Crippen LogP contribution in [-0.4, -0.2) is 58.4 Å². The van der Waals surface area contributed by atoms with Crippen LogP contribution < -0.4 is 40.5 Å². The number of carbonyl (C=O) groups excluding carboxylic acids is 2. The highest BCUT2D eigenvalue weighted by Gasteiger charge is 2.23. The van der Waals surface area contributed by atoms with E-state index in [4.69, 9.17) is 18.9 Å². The fraction of sp³-hybridized carbons (Fsp3) is 0.292. The lowest BCUT2D eigenvalue weighted by Gasteiger charge is -2.17. The molecule has 2 aromatic carbocycles.